The molecule has 5 nitrogen and oxygen atoms in total. The first-order chi connectivity index (χ1) is 12.2. The number of anilines is 1. The quantitative estimate of drug-likeness (QED) is 0.842. The van der Waals surface area contributed by atoms with Crippen molar-refractivity contribution in [3.8, 4) is 11.5 Å². The first-order valence-corrected chi connectivity index (χ1v) is 9.28. The van der Waals surface area contributed by atoms with E-state index in [-0.39, 0.29) is 12.7 Å². The topological polar surface area (TPSA) is 42.0 Å². The van der Waals surface area contributed by atoms with Crippen LogP contribution in [-0.4, -0.2) is 43.5 Å². The normalized spacial score (nSPS) is 15.4. The second kappa shape index (κ2) is 6.98. The maximum atomic E-state index is 12.8. The Hall–Kier alpha value is -2.18. The van der Waals surface area contributed by atoms with Gasteiger partial charge in [-0.25, -0.2) is 0 Å². The van der Waals surface area contributed by atoms with Gasteiger partial charge in [0.1, 0.15) is 0 Å². The van der Waals surface area contributed by atoms with Gasteiger partial charge in [0.2, 0.25) is 12.7 Å². The summed E-state index contributed by atoms with van der Waals surface area (Å²) in [6.07, 6.45) is 0. The van der Waals surface area contributed by atoms with Gasteiger partial charge in [-0.3, -0.25) is 9.69 Å². The molecule has 2 heterocycles. The van der Waals surface area contributed by atoms with Crippen molar-refractivity contribution in [1.29, 1.82) is 0 Å². The van der Waals surface area contributed by atoms with E-state index in [1.54, 1.807) is 0 Å². The largest absolute Gasteiger partial charge is 0.454 e. The lowest BCUT2D eigenvalue weighted by Crippen LogP contribution is -2.41. The van der Waals surface area contributed by atoms with Crippen molar-refractivity contribution in [2.75, 3.05) is 37.6 Å². The van der Waals surface area contributed by atoms with Gasteiger partial charge in [-0.2, -0.15) is 0 Å². The number of carbonyl (C=O) groups excluding carboxylic acids is 1. The molecule has 0 atom stereocenters. The van der Waals surface area contributed by atoms with Crippen LogP contribution in [0.4, 0.5) is 5.69 Å². The monoisotopic (exact) mass is 356 g/mol. The summed E-state index contributed by atoms with van der Waals surface area (Å²) in [6.45, 7) is 2.11. The number of ether oxygens (including phenoxy) is 2. The van der Waals surface area contributed by atoms with Crippen molar-refractivity contribution in [2.24, 2.45) is 0 Å². The molecular weight excluding hydrogens is 336 g/mol. The van der Waals surface area contributed by atoms with Crippen LogP contribution in [0, 0.1) is 0 Å². The Morgan fingerprint density at radius 1 is 1.20 bits per heavy atom. The molecule has 2 aliphatic rings. The number of carbonyl (C=O) groups is 1. The summed E-state index contributed by atoms with van der Waals surface area (Å²) >= 11 is 1.81. The second-order valence-corrected chi connectivity index (χ2v) is 7.36. The fraction of sp³-hybridized carbons (Fsp3) is 0.316. The molecule has 2 aliphatic heterocycles. The number of amides is 1. The first kappa shape index (κ1) is 16.3. The van der Waals surface area contributed by atoms with Crippen LogP contribution >= 0.6 is 11.8 Å². The number of fused-ring (bicyclic) bond motifs is 2. The van der Waals surface area contributed by atoms with E-state index in [0.29, 0.717) is 13.1 Å². The molecule has 0 aliphatic carbocycles. The number of likely N-dealkylation sites (N-methyl/N-ethyl adjacent to an activating group) is 1. The van der Waals surface area contributed by atoms with Gasteiger partial charge < -0.3 is 14.4 Å². The second-order valence-electron chi connectivity index (χ2n) is 6.22. The van der Waals surface area contributed by atoms with Crippen LogP contribution in [-0.2, 0) is 11.3 Å². The molecule has 0 radical (unpaired) electrons. The van der Waals surface area contributed by atoms with Crippen molar-refractivity contribution in [2.45, 2.75) is 11.4 Å². The van der Waals surface area contributed by atoms with Crippen LogP contribution in [0.1, 0.15) is 5.56 Å². The predicted molar refractivity (Wildman–Crippen MR) is 98.4 cm³/mol. The molecule has 6 heteroatoms. The molecular formula is C19H20N2O3S. The van der Waals surface area contributed by atoms with Crippen LogP contribution in [0.5, 0.6) is 11.5 Å². The minimum absolute atomic E-state index is 0.135. The highest BCUT2D eigenvalue weighted by atomic mass is 32.2. The molecule has 2 aromatic rings. The number of thioether (sulfide) groups is 1. The number of hydrogen-bond acceptors (Lipinski definition) is 5. The van der Waals surface area contributed by atoms with Crippen molar-refractivity contribution in [1.82, 2.24) is 4.90 Å². The van der Waals surface area contributed by atoms with Crippen LogP contribution in [0.3, 0.4) is 0 Å². The Morgan fingerprint density at radius 2 is 2.04 bits per heavy atom. The van der Waals surface area contributed by atoms with E-state index in [2.05, 4.69) is 6.07 Å². The maximum Gasteiger partial charge on any atom is 0.241 e. The highest BCUT2D eigenvalue weighted by Crippen LogP contribution is 2.35. The van der Waals surface area contributed by atoms with Crippen LogP contribution < -0.4 is 14.4 Å². The highest BCUT2D eigenvalue weighted by molar-refractivity contribution is 7.99. The molecule has 0 aromatic heterocycles. The predicted octanol–water partition coefficient (Wildman–Crippen LogP) is 2.99. The Bertz CT molecular complexity index is 796. The standard InChI is InChI=1S/C19H20N2O3S/c1-20(11-14-6-7-16-17(10-14)24-13-23-16)12-19(22)21-8-9-25-18-5-3-2-4-15(18)21/h2-7,10H,8-9,11-13H2,1H3. The molecule has 0 unspecified atom stereocenters. The molecule has 0 spiro atoms. The van der Waals surface area contributed by atoms with E-state index >= 15 is 0 Å². The molecule has 0 saturated carbocycles. The Labute approximate surface area is 151 Å². The van der Waals surface area contributed by atoms with Crippen LogP contribution in [0.15, 0.2) is 47.4 Å². The van der Waals surface area contributed by atoms with E-state index in [0.717, 1.165) is 35.0 Å². The summed E-state index contributed by atoms with van der Waals surface area (Å²) in [5, 5.41) is 0. The molecule has 0 bridgehead atoms. The number of rotatable bonds is 4. The summed E-state index contributed by atoms with van der Waals surface area (Å²) in [4.78, 5) is 17.9. The molecule has 25 heavy (non-hydrogen) atoms. The molecule has 4 rings (SSSR count). The van der Waals surface area contributed by atoms with Gasteiger partial charge in [0.25, 0.3) is 0 Å². The van der Waals surface area contributed by atoms with Crippen molar-refractivity contribution < 1.29 is 14.3 Å². The molecule has 130 valence electrons. The lowest BCUT2D eigenvalue weighted by atomic mass is 10.2. The molecule has 0 saturated heterocycles. The summed E-state index contributed by atoms with van der Waals surface area (Å²) in [5.41, 5.74) is 2.13. The third-order valence-electron chi connectivity index (χ3n) is 4.32. The maximum absolute atomic E-state index is 12.8. The van der Waals surface area contributed by atoms with E-state index in [1.165, 1.54) is 4.90 Å². The summed E-state index contributed by atoms with van der Waals surface area (Å²) in [7, 11) is 1.97. The van der Waals surface area contributed by atoms with Crippen LogP contribution in [0.25, 0.3) is 0 Å². The summed E-state index contributed by atoms with van der Waals surface area (Å²) < 4.78 is 10.8. The molecule has 1 amide bonds. The van der Waals surface area contributed by atoms with Crippen molar-refractivity contribution in [3.63, 3.8) is 0 Å². The fourth-order valence-corrected chi connectivity index (χ4v) is 4.15. The van der Waals surface area contributed by atoms with E-state index in [9.17, 15) is 4.79 Å². The lowest BCUT2D eigenvalue weighted by molar-refractivity contribution is -0.119. The van der Waals surface area contributed by atoms with E-state index < -0.39 is 0 Å². The summed E-state index contributed by atoms with van der Waals surface area (Å²) in [5.74, 6) is 2.63. The lowest BCUT2D eigenvalue weighted by Gasteiger charge is -2.30. The Kier molecular flexibility index (Phi) is 4.55. The van der Waals surface area contributed by atoms with Crippen molar-refractivity contribution >= 4 is 23.4 Å². The average Bonchev–Trinajstić information content (AvgIpc) is 3.08. The number of para-hydroxylation sites is 1. The van der Waals surface area contributed by atoms with E-state index in [4.69, 9.17) is 9.47 Å². The van der Waals surface area contributed by atoms with Gasteiger partial charge in [-0.15, -0.1) is 11.8 Å². The smallest absolute Gasteiger partial charge is 0.241 e. The summed E-state index contributed by atoms with van der Waals surface area (Å²) in [6, 6.07) is 14.0. The zero-order chi connectivity index (χ0) is 17.2. The van der Waals surface area contributed by atoms with E-state index in [1.807, 2.05) is 65.0 Å². The average molecular weight is 356 g/mol. The van der Waals surface area contributed by atoms with Gasteiger partial charge in [0.15, 0.2) is 11.5 Å². The Balaban J connectivity index is 1.41. The van der Waals surface area contributed by atoms with Gasteiger partial charge in [-0.05, 0) is 36.9 Å². The highest BCUT2D eigenvalue weighted by Gasteiger charge is 2.23. The van der Waals surface area contributed by atoms with Gasteiger partial charge in [-0.1, -0.05) is 18.2 Å². The van der Waals surface area contributed by atoms with Crippen molar-refractivity contribution in [3.05, 3.63) is 48.0 Å². The number of benzene rings is 2. The Morgan fingerprint density at radius 3 is 2.96 bits per heavy atom. The third kappa shape index (κ3) is 3.45. The SMILES string of the molecule is CN(CC(=O)N1CCSc2ccccc21)Cc1ccc2c(c1)OCO2. The van der Waals surface area contributed by atoms with Crippen LogP contribution in [0.2, 0.25) is 0 Å². The minimum Gasteiger partial charge on any atom is -0.454 e. The first-order valence-electron chi connectivity index (χ1n) is 8.30. The fourth-order valence-electron chi connectivity index (χ4n) is 3.15. The molecule has 2 aromatic carbocycles. The van der Waals surface area contributed by atoms with Gasteiger partial charge >= 0.3 is 0 Å². The zero-order valence-electron chi connectivity index (χ0n) is 14.1. The van der Waals surface area contributed by atoms with Gasteiger partial charge in [0.05, 0.1) is 12.2 Å². The minimum atomic E-state index is 0.135. The third-order valence-corrected chi connectivity index (χ3v) is 5.37. The molecule has 0 fully saturated rings. The number of hydrogen-bond donors (Lipinski definition) is 0. The van der Waals surface area contributed by atoms with Gasteiger partial charge in [0, 0.05) is 23.7 Å². The number of nitrogens with zero attached hydrogens (tertiary/aromatic N) is 2. The molecule has 0 N–H and O–H groups in total. The zero-order valence-corrected chi connectivity index (χ0v) is 14.9.